The quantitative estimate of drug-likeness (QED) is 0.450. The maximum absolute atomic E-state index is 13.6. The van der Waals surface area contributed by atoms with Crippen molar-refractivity contribution in [3.05, 3.63) is 87.6 Å². The van der Waals surface area contributed by atoms with Gasteiger partial charge in [-0.25, -0.2) is 0 Å². The lowest BCUT2D eigenvalue weighted by Gasteiger charge is -2.32. The minimum absolute atomic E-state index is 0.0456. The van der Waals surface area contributed by atoms with Crippen molar-refractivity contribution in [3.8, 4) is 0 Å². The molecule has 0 aliphatic carbocycles. The molecule has 2 aromatic carbocycles. The fraction of sp³-hybridized carbons (Fsp3) is 0.269. The van der Waals surface area contributed by atoms with E-state index >= 15 is 0 Å². The number of carbonyl (C=O) groups excluding carboxylic acids is 3. The van der Waals surface area contributed by atoms with E-state index in [0.29, 0.717) is 34.3 Å². The van der Waals surface area contributed by atoms with Crippen molar-refractivity contribution in [2.45, 2.75) is 25.0 Å². The first kappa shape index (κ1) is 24.9. The van der Waals surface area contributed by atoms with E-state index in [1.165, 1.54) is 16.2 Å². The van der Waals surface area contributed by atoms with Gasteiger partial charge in [0.2, 0.25) is 11.8 Å². The fourth-order valence-electron chi connectivity index (χ4n) is 3.97. The van der Waals surface area contributed by atoms with E-state index in [1.807, 2.05) is 18.2 Å². The van der Waals surface area contributed by atoms with E-state index < -0.39 is 11.9 Å². The maximum atomic E-state index is 13.6. The SMILES string of the molecule is O=C(NCC(=O)N(c1cccc(Cl)c1)[C@@H](C(=O)NC[C@H]1CCCO1)c1ccccc1)c1cccs1. The highest BCUT2D eigenvalue weighted by Crippen LogP contribution is 2.30. The predicted molar refractivity (Wildman–Crippen MR) is 137 cm³/mol. The summed E-state index contributed by atoms with van der Waals surface area (Å²) < 4.78 is 5.64. The van der Waals surface area contributed by atoms with Gasteiger partial charge in [-0.2, -0.15) is 0 Å². The number of nitrogens with zero attached hydrogens (tertiary/aromatic N) is 1. The van der Waals surface area contributed by atoms with Crippen LogP contribution in [0.2, 0.25) is 5.02 Å². The van der Waals surface area contributed by atoms with Crippen molar-refractivity contribution in [2.24, 2.45) is 0 Å². The summed E-state index contributed by atoms with van der Waals surface area (Å²) in [6, 6.07) is 18.3. The van der Waals surface area contributed by atoms with Crippen LogP contribution in [0.3, 0.4) is 0 Å². The van der Waals surface area contributed by atoms with Crippen LogP contribution in [0, 0.1) is 0 Å². The first-order chi connectivity index (χ1) is 17.0. The van der Waals surface area contributed by atoms with E-state index in [2.05, 4.69) is 10.6 Å². The number of thiophene rings is 1. The molecular formula is C26H26ClN3O4S. The topological polar surface area (TPSA) is 87.7 Å². The normalized spacial score (nSPS) is 15.9. The minimum atomic E-state index is -0.970. The molecule has 1 aromatic heterocycles. The molecule has 4 rings (SSSR count). The van der Waals surface area contributed by atoms with Crippen LogP contribution in [0.1, 0.15) is 34.1 Å². The van der Waals surface area contributed by atoms with Crippen LogP contribution in [0.25, 0.3) is 0 Å². The largest absolute Gasteiger partial charge is 0.376 e. The van der Waals surface area contributed by atoms with Crippen LogP contribution in [0.4, 0.5) is 5.69 Å². The summed E-state index contributed by atoms with van der Waals surface area (Å²) in [6.07, 6.45) is 1.79. The van der Waals surface area contributed by atoms with E-state index in [1.54, 1.807) is 53.9 Å². The van der Waals surface area contributed by atoms with E-state index in [-0.39, 0.29) is 24.5 Å². The second kappa shape index (κ2) is 12.0. The molecule has 0 unspecified atom stereocenters. The summed E-state index contributed by atoms with van der Waals surface area (Å²) in [6.45, 7) is 0.750. The lowest BCUT2D eigenvalue weighted by atomic mass is 10.0. The highest BCUT2D eigenvalue weighted by Gasteiger charge is 2.33. The third kappa shape index (κ3) is 6.48. The summed E-state index contributed by atoms with van der Waals surface area (Å²) >= 11 is 7.53. The zero-order valence-corrected chi connectivity index (χ0v) is 20.6. The van der Waals surface area contributed by atoms with Crippen LogP contribution in [0.5, 0.6) is 0 Å². The Morgan fingerprint density at radius 1 is 1.06 bits per heavy atom. The van der Waals surface area contributed by atoms with E-state index in [4.69, 9.17) is 16.3 Å². The van der Waals surface area contributed by atoms with Crippen LogP contribution in [-0.4, -0.2) is 43.5 Å². The third-order valence-electron chi connectivity index (χ3n) is 5.65. The van der Waals surface area contributed by atoms with Crippen LogP contribution >= 0.6 is 22.9 Å². The molecule has 0 bridgehead atoms. The number of benzene rings is 2. The van der Waals surface area contributed by atoms with Crippen molar-refractivity contribution in [3.63, 3.8) is 0 Å². The maximum Gasteiger partial charge on any atom is 0.261 e. The zero-order chi connectivity index (χ0) is 24.6. The number of halogens is 1. The van der Waals surface area contributed by atoms with Crippen molar-refractivity contribution >= 4 is 46.3 Å². The molecule has 7 nitrogen and oxygen atoms in total. The Bertz CT molecular complexity index is 1150. The smallest absolute Gasteiger partial charge is 0.261 e. The monoisotopic (exact) mass is 511 g/mol. The molecule has 35 heavy (non-hydrogen) atoms. The van der Waals surface area contributed by atoms with Crippen LogP contribution < -0.4 is 15.5 Å². The van der Waals surface area contributed by atoms with Crippen molar-refractivity contribution in [1.29, 1.82) is 0 Å². The molecule has 2 atom stereocenters. The average molecular weight is 512 g/mol. The van der Waals surface area contributed by atoms with Gasteiger partial charge in [0.05, 0.1) is 17.5 Å². The van der Waals surface area contributed by atoms with Crippen molar-refractivity contribution < 1.29 is 19.1 Å². The van der Waals surface area contributed by atoms with Gasteiger partial charge in [0.15, 0.2) is 0 Å². The molecule has 3 amide bonds. The van der Waals surface area contributed by atoms with Gasteiger partial charge >= 0.3 is 0 Å². The van der Waals surface area contributed by atoms with Gasteiger partial charge in [0.1, 0.15) is 6.04 Å². The van der Waals surface area contributed by atoms with Gasteiger partial charge in [0.25, 0.3) is 5.91 Å². The molecule has 2 heterocycles. The van der Waals surface area contributed by atoms with Gasteiger partial charge in [-0.15, -0.1) is 11.3 Å². The minimum Gasteiger partial charge on any atom is -0.376 e. The Balaban J connectivity index is 1.63. The van der Waals surface area contributed by atoms with Gasteiger partial charge in [-0.3, -0.25) is 19.3 Å². The number of carbonyl (C=O) groups is 3. The molecule has 9 heteroatoms. The summed E-state index contributed by atoms with van der Waals surface area (Å²) in [4.78, 5) is 41.5. The van der Waals surface area contributed by atoms with Gasteiger partial charge < -0.3 is 15.4 Å². The molecule has 0 spiro atoms. The lowest BCUT2D eigenvalue weighted by molar-refractivity contribution is -0.126. The number of hydrogen-bond donors (Lipinski definition) is 2. The Morgan fingerprint density at radius 2 is 1.89 bits per heavy atom. The molecule has 1 fully saturated rings. The first-order valence-corrected chi connectivity index (χ1v) is 12.6. The number of anilines is 1. The molecule has 0 radical (unpaired) electrons. The van der Waals surface area contributed by atoms with Crippen molar-refractivity contribution in [1.82, 2.24) is 10.6 Å². The average Bonchev–Trinajstić information content (AvgIpc) is 3.59. The van der Waals surface area contributed by atoms with Gasteiger partial charge in [-0.05, 0) is 48.1 Å². The third-order valence-corrected chi connectivity index (χ3v) is 6.75. The standard InChI is InChI=1S/C26H26ClN3O4S/c27-19-9-4-10-20(15-19)30(23(31)17-29-25(32)22-12-6-14-35-22)24(18-7-2-1-3-8-18)26(33)28-16-21-11-5-13-34-21/h1-4,6-10,12,14-15,21,24H,5,11,13,16-17H2,(H,28,33)(H,29,32)/t21-,24-/m1/s1. The zero-order valence-electron chi connectivity index (χ0n) is 19.0. The number of nitrogens with one attached hydrogen (secondary N) is 2. The molecular weight excluding hydrogens is 486 g/mol. The second-order valence-electron chi connectivity index (χ2n) is 8.10. The Labute approximate surface area is 213 Å². The number of amides is 3. The highest BCUT2D eigenvalue weighted by atomic mass is 35.5. The van der Waals surface area contributed by atoms with Crippen LogP contribution in [0.15, 0.2) is 72.1 Å². The number of rotatable bonds is 9. The highest BCUT2D eigenvalue weighted by molar-refractivity contribution is 7.12. The van der Waals surface area contributed by atoms with Crippen LogP contribution in [-0.2, 0) is 14.3 Å². The number of ether oxygens (including phenoxy) is 1. The summed E-state index contributed by atoms with van der Waals surface area (Å²) in [5, 5.41) is 7.84. The van der Waals surface area contributed by atoms with E-state index in [0.717, 1.165) is 12.8 Å². The summed E-state index contributed by atoms with van der Waals surface area (Å²) in [5.74, 6) is -1.14. The lowest BCUT2D eigenvalue weighted by Crippen LogP contribution is -2.48. The predicted octanol–water partition coefficient (Wildman–Crippen LogP) is 4.20. The molecule has 0 saturated carbocycles. The van der Waals surface area contributed by atoms with Crippen molar-refractivity contribution in [2.75, 3.05) is 24.6 Å². The Hall–Kier alpha value is -3.20. The summed E-state index contributed by atoms with van der Waals surface area (Å²) in [7, 11) is 0. The summed E-state index contributed by atoms with van der Waals surface area (Å²) in [5.41, 5.74) is 1.09. The molecule has 1 saturated heterocycles. The molecule has 1 aliphatic rings. The molecule has 3 aromatic rings. The molecule has 1 aliphatic heterocycles. The molecule has 2 N–H and O–H groups in total. The second-order valence-corrected chi connectivity index (χ2v) is 9.48. The Morgan fingerprint density at radius 3 is 2.57 bits per heavy atom. The Kier molecular flexibility index (Phi) is 8.52. The molecule has 182 valence electrons. The van der Waals surface area contributed by atoms with Gasteiger partial charge in [-0.1, -0.05) is 54.1 Å². The fourth-order valence-corrected chi connectivity index (χ4v) is 4.79. The van der Waals surface area contributed by atoms with Gasteiger partial charge in [0, 0.05) is 23.9 Å². The van der Waals surface area contributed by atoms with E-state index in [9.17, 15) is 14.4 Å². The number of hydrogen-bond acceptors (Lipinski definition) is 5. The first-order valence-electron chi connectivity index (χ1n) is 11.4.